The summed E-state index contributed by atoms with van der Waals surface area (Å²) in [5.74, 6) is 0. The Morgan fingerprint density at radius 3 is 1.20 bits per heavy atom. The quantitative estimate of drug-likeness (QED) is 0.226. The fourth-order valence-electron chi connectivity index (χ4n) is 3.98. The fourth-order valence-corrected chi connectivity index (χ4v) is 7.18. The van der Waals surface area contributed by atoms with E-state index in [1.165, 1.54) is 15.9 Å². The van der Waals surface area contributed by atoms with Gasteiger partial charge in [-0.2, -0.15) is 0 Å². The van der Waals surface area contributed by atoms with E-state index in [-0.39, 0.29) is 24.0 Å². The van der Waals surface area contributed by atoms with Crippen LogP contribution in [0.3, 0.4) is 0 Å². The van der Waals surface area contributed by atoms with Crippen LogP contribution in [0.15, 0.2) is 152 Å². The summed E-state index contributed by atoms with van der Waals surface area (Å²) < 4.78 is 0. The molecule has 1 heterocycles. The van der Waals surface area contributed by atoms with Crippen molar-refractivity contribution in [3.8, 4) is 0 Å². The predicted octanol–water partition coefficient (Wildman–Crippen LogP) is 3.76. The Morgan fingerprint density at radius 1 is 0.514 bits per heavy atom. The molecule has 5 rings (SSSR count). The first-order valence-corrected chi connectivity index (χ1v) is 13.6. The van der Waals surface area contributed by atoms with Gasteiger partial charge in [0.05, 0.1) is 6.66 Å². The SMILES string of the molecule is C=C(c1ccccc1)c1ccncc1.C[P+](c1ccccc1)(c1ccccc1)c1ccccc1.[I-]. The molecule has 0 radical (unpaired) electrons. The summed E-state index contributed by atoms with van der Waals surface area (Å²) in [4.78, 5) is 3.98. The van der Waals surface area contributed by atoms with E-state index in [0.717, 1.165) is 16.7 Å². The zero-order valence-electron chi connectivity index (χ0n) is 19.8. The topological polar surface area (TPSA) is 12.9 Å². The van der Waals surface area contributed by atoms with Crippen molar-refractivity contribution in [2.45, 2.75) is 0 Å². The highest BCUT2D eigenvalue weighted by molar-refractivity contribution is 7.95. The first kappa shape index (κ1) is 26.5. The van der Waals surface area contributed by atoms with Crippen LogP contribution in [0.25, 0.3) is 5.57 Å². The van der Waals surface area contributed by atoms with Crippen molar-refractivity contribution in [1.82, 2.24) is 4.98 Å². The van der Waals surface area contributed by atoms with Crippen molar-refractivity contribution >= 4 is 28.7 Å². The Hall–Kier alpha value is -3.07. The molecule has 0 aliphatic carbocycles. The number of rotatable bonds is 5. The van der Waals surface area contributed by atoms with Crippen LogP contribution in [0.1, 0.15) is 11.1 Å². The van der Waals surface area contributed by atoms with Crippen molar-refractivity contribution in [2.24, 2.45) is 0 Å². The van der Waals surface area contributed by atoms with Crippen LogP contribution >= 0.6 is 7.26 Å². The van der Waals surface area contributed by atoms with Gasteiger partial charge in [-0.05, 0) is 65.2 Å². The van der Waals surface area contributed by atoms with E-state index >= 15 is 0 Å². The molecule has 0 N–H and O–H groups in total. The molecular weight excluding hydrogens is 556 g/mol. The minimum atomic E-state index is -1.53. The molecule has 35 heavy (non-hydrogen) atoms. The molecular formula is C32H29INP. The van der Waals surface area contributed by atoms with E-state index in [4.69, 9.17) is 0 Å². The van der Waals surface area contributed by atoms with Crippen molar-refractivity contribution in [3.63, 3.8) is 0 Å². The van der Waals surface area contributed by atoms with Crippen LogP contribution in [0.5, 0.6) is 0 Å². The minimum Gasteiger partial charge on any atom is -1.00 e. The van der Waals surface area contributed by atoms with Crippen molar-refractivity contribution in [1.29, 1.82) is 0 Å². The number of aromatic nitrogens is 1. The van der Waals surface area contributed by atoms with Gasteiger partial charge in [-0.3, -0.25) is 4.98 Å². The Labute approximate surface area is 227 Å². The zero-order valence-corrected chi connectivity index (χ0v) is 22.9. The van der Waals surface area contributed by atoms with Crippen molar-refractivity contribution in [2.75, 3.05) is 6.66 Å². The maximum absolute atomic E-state index is 4.07. The van der Waals surface area contributed by atoms with E-state index in [1.54, 1.807) is 12.4 Å². The van der Waals surface area contributed by atoms with E-state index in [2.05, 4.69) is 121 Å². The van der Waals surface area contributed by atoms with Gasteiger partial charge in [0.15, 0.2) is 0 Å². The van der Waals surface area contributed by atoms with Crippen LogP contribution < -0.4 is 39.9 Å². The lowest BCUT2D eigenvalue weighted by molar-refractivity contribution is -0.00000668. The van der Waals surface area contributed by atoms with E-state index in [9.17, 15) is 0 Å². The molecule has 3 heteroatoms. The van der Waals surface area contributed by atoms with Gasteiger partial charge in [-0.15, -0.1) is 0 Å². The second kappa shape index (κ2) is 13.1. The molecule has 0 aliphatic heterocycles. The van der Waals surface area contributed by atoms with Gasteiger partial charge in [-0.25, -0.2) is 0 Å². The van der Waals surface area contributed by atoms with Crippen LogP contribution in [0, 0.1) is 0 Å². The molecule has 0 saturated carbocycles. The molecule has 0 amide bonds. The lowest BCUT2D eigenvalue weighted by Crippen LogP contribution is -3.00. The summed E-state index contributed by atoms with van der Waals surface area (Å²) in [5.41, 5.74) is 3.30. The standard InChI is InChI=1S/C19H18P.C13H11N.HI/c1-20(17-11-5-2-6-12-17,18-13-7-3-8-14-18)19-15-9-4-10-16-19;1-11(12-5-3-2-4-6-12)13-7-9-14-10-8-13;/h2-16H,1H3;2-10H,1H2;1H/q+1;;/p-1. The first-order valence-electron chi connectivity index (χ1n) is 11.4. The second-order valence-electron chi connectivity index (χ2n) is 8.09. The van der Waals surface area contributed by atoms with E-state index in [0.29, 0.717) is 0 Å². The van der Waals surface area contributed by atoms with Crippen molar-refractivity contribution in [3.05, 3.63) is 164 Å². The molecule has 4 aromatic carbocycles. The highest BCUT2D eigenvalue weighted by atomic mass is 127. The number of hydrogen-bond acceptors (Lipinski definition) is 1. The summed E-state index contributed by atoms with van der Waals surface area (Å²) in [6.07, 6.45) is 3.56. The van der Waals surface area contributed by atoms with Gasteiger partial charge in [0, 0.05) is 12.4 Å². The monoisotopic (exact) mass is 585 g/mol. The maximum Gasteiger partial charge on any atom is 0.109 e. The van der Waals surface area contributed by atoms with Crippen LogP contribution in [0.2, 0.25) is 0 Å². The molecule has 1 nitrogen and oxygen atoms in total. The first-order chi connectivity index (χ1) is 16.7. The molecule has 0 fully saturated rings. The number of benzene rings is 4. The van der Waals surface area contributed by atoms with Gasteiger partial charge in [0.1, 0.15) is 23.2 Å². The molecule has 174 valence electrons. The average molecular weight is 585 g/mol. The maximum atomic E-state index is 4.07. The third-order valence-electron chi connectivity index (χ3n) is 5.97. The van der Waals surface area contributed by atoms with Gasteiger partial charge in [0.25, 0.3) is 0 Å². The van der Waals surface area contributed by atoms with Gasteiger partial charge in [-0.1, -0.05) is 91.5 Å². The number of halogens is 1. The number of nitrogens with zero attached hydrogens (tertiary/aromatic N) is 1. The van der Waals surface area contributed by atoms with E-state index < -0.39 is 7.26 Å². The lowest BCUT2D eigenvalue weighted by atomic mass is 10.0. The summed E-state index contributed by atoms with van der Waals surface area (Å²) in [6.45, 7) is 6.48. The highest BCUT2D eigenvalue weighted by Crippen LogP contribution is 2.51. The summed E-state index contributed by atoms with van der Waals surface area (Å²) in [6, 6.07) is 46.7. The summed E-state index contributed by atoms with van der Waals surface area (Å²) in [7, 11) is -1.53. The predicted molar refractivity (Wildman–Crippen MR) is 150 cm³/mol. The Balaban J connectivity index is 0.000000202. The third kappa shape index (κ3) is 6.54. The third-order valence-corrected chi connectivity index (χ3v) is 9.96. The molecule has 0 unspecified atom stereocenters. The molecule has 0 atom stereocenters. The Kier molecular flexibility index (Phi) is 9.96. The smallest absolute Gasteiger partial charge is 0.109 e. The summed E-state index contributed by atoms with van der Waals surface area (Å²) >= 11 is 0. The largest absolute Gasteiger partial charge is 1.00 e. The molecule has 5 aromatic rings. The van der Waals surface area contributed by atoms with Gasteiger partial charge >= 0.3 is 0 Å². The molecule has 0 saturated heterocycles. The normalized spacial score (nSPS) is 10.3. The van der Waals surface area contributed by atoms with Crippen LogP contribution in [-0.4, -0.2) is 11.6 Å². The highest BCUT2D eigenvalue weighted by Gasteiger charge is 2.39. The van der Waals surface area contributed by atoms with Crippen LogP contribution in [-0.2, 0) is 0 Å². The van der Waals surface area contributed by atoms with Gasteiger partial charge < -0.3 is 24.0 Å². The second-order valence-corrected chi connectivity index (χ2v) is 11.7. The number of pyridine rings is 1. The lowest BCUT2D eigenvalue weighted by Gasteiger charge is -2.22. The fraction of sp³-hybridized carbons (Fsp3) is 0.0312. The number of hydrogen-bond donors (Lipinski definition) is 0. The Morgan fingerprint density at radius 2 is 0.829 bits per heavy atom. The molecule has 0 aliphatic rings. The molecule has 1 aromatic heterocycles. The molecule has 0 bridgehead atoms. The zero-order chi connectivity index (χ0) is 23.6. The Bertz CT molecular complexity index is 1150. The minimum absolute atomic E-state index is 0. The molecule has 0 spiro atoms. The average Bonchev–Trinajstić information content (AvgIpc) is 2.95. The van der Waals surface area contributed by atoms with Gasteiger partial charge in [0.2, 0.25) is 0 Å². The van der Waals surface area contributed by atoms with Crippen LogP contribution in [0.4, 0.5) is 0 Å². The summed E-state index contributed by atoms with van der Waals surface area (Å²) in [5, 5.41) is 4.28. The van der Waals surface area contributed by atoms with E-state index in [1.807, 2.05) is 30.3 Å². The van der Waals surface area contributed by atoms with Crippen molar-refractivity contribution < 1.29 is 24.0 Å².